The van der Waals surface area contributed by atoms with E-state index in [1.54, 1.807) is 6.20 Å². The molecule has 4 rings (SSSR count). The fourth-order valence-corrected chi connectivity index (χ4v) is 2.95. The summed E-state index contributed by atoms with van der Waals surface area (Å²) in [5.41, 5.74) is 1.77. The van der Waals surface area contributed by atoms with E-state index < -0.39 is 0 Å². The van der Waals surface area contributed by atoms with E-state index in [-0.39, 0.29) is 6.04 Å². The van der Waals surface area contributed by atoms with E-state index in [0.717, 1.165) is 34.7 Å². The van der Waals surface area contributed by atoms with Gasteiger partial charge in [0.05, 0.1) is 24.6 Å². The lowest BCUT2D eigenvalue weighted by molar-refractivity contribution is 0.272. The zero-order valence-corrected chi connectivity index (χ0v) is 13.4. The molecule has 0 saturated carbocycles. The van der Waals surface area contributed by atoms with Crippen LogP contribution in [0.5, 0.6) is 11.5 Å². The molecule has 3 heterocycles. The van der Waals surface area contributed by atoms with Crippen LogP contribution >= 0.6 is 0 Å². The Hall–Kier alpha value is -2.89. The molecule has 0 amide bonds. The number of hydrogen-bond donors (Lipinski definition) is 1. The Morgan fingerprint density at radius 2 is 2.21 bits per heavy atom. The monoisotopic (exact) mass is 322 g/mol. The Balaban J connectivity index is 1.69. The highest BCUT2D eigenvalue weighted by atomic mass is 16.5. The third-order valence-electron chi connectivity index (χ3n) is 4.05. The number of nitrogens with zero attached hydrogens (tertiary/aromatic N) is 3. The number of pyridine rings is 1. The molecule has 0 bridgehead atoms. The molecule has 2 aromatic heterocycles. The third-order valence-corrected chi connectivity index (χ3v) is 4.05. The van der Waals surface area contributed by atoms with Gasteiger partial charge in [0.25, 0.3) is 0 Å². The normalized spacial score (nSPS) is 16.3. The Morgan fingerprint density at radius 3 is 3.12 bits per heavy atom. The molecule has 0 fully saturated rings. The highest BCUT2D eigenvalue weighted by molar-refractivity contribution is 5.86. The van der Waals surface area contributed by atoms with Crippen molar-refractivity contribution in [1.82, 2.24) is 15.0 Å². The van der Waals surface area contributed by atoms with Crippen molar-refractivity contribution in [2.75, 3.05) is 18.5 Å². The second-order valence-corrected chi connectivity index (χ2v) is 5.56. The van der Waals surface area contributed by atoms with Crippen LogP contribution in [0.3, 0.4) is 0 Å². The molecule has 1 unspecified atom stereocenters. The molecule has 1 N–H and O–H groups in total. The summed E-state index contributed by atoms with van der Waals surface area (Å²) in [7, 11) is 0. The highest BCUT2D eigenvalue weighted by Crippen LogP contribution is 2.37. The predicted molar refractivity (Wildman–Crippen MR) is 91.4 cm³/mol. The number of rotatable bonds is 4. The number of hydrogen-bond acceptors (Lipinski definition) is 6. The molecule has 122 valence electrons. The first-order valence-corrected chi connectivity index (χ1v) is 8.07. The summed E-state index contributed by atoms with van der Waals surface area (Å²) in [4.78, 5) is 12.9. The lowest BCUT2D eigenvalue weighted by Gasteiger charge is -2.27. The maximum atomic E-state index is 5.77. The summed E-state index contributed by atoms with van der Waals surface area (Å²) in [5.74, 6) is 2.52. The number of ether oxygens (including phenoxy) is 2. The molecule has 1 atom stereocenters. The van der Waals surface area contributed by atoms with Crippen LogP contribution in [0.4, 0.5) is 5.82 Å². The van der Waals surface area contributed by atoms with Crippen LogP contribution < -0.4 is 14.8 Å². The Kier molecular flexibility index (Phi) is 3.86. The molecule has 0 radical (unpaired) electrons. The SMILES string of the molecule is CCOc1ccc2c(c1)C(Nc1ncnc3ncccc13)CCO2. The zero-order valence-electron chi connectivity index (χ0n) is 13.4. The van der Waals surface area contributed by atoms with Gasteiger partial charge in [-0.05, 0) is 37.3 Å². The Bertz CT molecular complexity index is 863. The molecular weight excluding hydrogens is 304 g/mol. The van der Waals surface area contributed by atoms with Gasteiger partial charge in [-0.2, -0.15) is 0 Å². The van der Waals surface area contributed by atoms with Gasteiger partial charge in [-0.1, -0.05) is 0 Å². The van der Waals surface area contributed by atoms with Crippen molar-refractivity contribution in [1.29, 1.82) is 0 Å². The Labute approximate surface area is 139 Å². The van der Waals surface area contributed by atoms with Crippen molar-refractivity contribution >= 4 is 16.9 Å². The number of anilines is 1. The summed E-state index contributed by atoms with van der Waals surface area (Å²) >= 11 is 0. The van der Waals surface area contributed by atoms with Gasteiger partial charge in [0, 0.05) is 18.2 Å². The van der Waals surface area contributed by atoms with Gasteiger partial charge >= 0.3 is 0 Å². The van der Waals surface area contributed by atoms with Gasteiger partial charge in [0.1, 0.15) is 23.6 Å². The molecule has 6 nitrogen and oxygen atoms in total. The van der Waals surface area contributed by atoms with Crippen molar-refractivity contribution < 1.29 is 9.47 Å². The first-order valence-electron chi connectivity index (χ1n) is 8.07. The van der Waals surface area contributed by atoms with E-state index in [1.165, 1.54) is 6.33 Å². The van der Waals surface area contributed by atoms with Crippen molar-refractivity contribution in [3.8, 4) is 11.5 Å². The van der Waals surface area contributed by atoms with E-state index in [9.17, 15) is 0 Å². The van der Waals surface area contributed by atoms with Gasteiger partial charge in [0.2, 0.25) is 0 Å². The molecule has 3 aromatic rings. The molecule has 1 aliphatic rings. The van der Waals surface area contributed by atoms with Gasteiger partial charge in [-0.15, -0.1) is 0 Å². The van der Waals surface area contributed by atoms with Crippen molar-refractivity contribution in [3.63, 3.8) is 0 Å². The lowest BCUT2D eigenvalue weighted by atomic mass is 10.00. The number of nitrogens with one attached hydrogen (secondary N) is 1. The van der Waals surface area contributed by atoms with Gasteiger partial charge in [0.15, 0.2) is 5.65 Å². The summed E-state index contributed by atoms with van der Waals surface area (Å²) in [6.07, 6.45) is 4.13. The summed E-state index contributed by atoms with van der Waals surface area (Å²) < 4.78 is 11.4. The summed E-state index contributed by atoms with van der Waals surface area (Å²) in [6, 6.07) is 9.91. The standard InChI is InChI=1S/C18H18N4O2/c1-2-23-12-5-6-16-14(10-12)15(7-9-24-16)22-18-13-4-3-8-19-17(13)20-11-21-18/h3-6,8,10-11,15H,2,7,9H2,1H3,(H,19,20,21,22). The largest absolute Gasteiger partial charge is 0.494 e. The fraction of sp³-hybridized carbons (Fsp3) is 0.278. The molecule has 0 spiro atoms. The Morgan fingerprint density at radius 1 is 1.25 bits per heavy atom. The number of fused-ring (bicyclic) bond motifs is 2. The average Bonchev–Trinajstić information content (AvgIpc) is 2.63. The second kappa shape index (κ2) is 6.31. The zero-order chi connectivity index (χ0) is 16.4. The summed E-state index contributed by atoms with van der Waals surface area (Å²) in [5, 5.41) is 4.43. The topological polar surface area (TPSA) is 69.2 Å². The minimum Gasteiger partial charge on any atom is -0.494 e. The minimum atomic E-state index is 0.104. The molecule has 0 aliphatic carbocycles. The van der Waals surface area contributed by atoms with Gasteiger partial charge in [-0.3, -0.25) is 0 Å². The molecule has 1 aromatic carbocycles. The number of benzene rings is 1. The van der Waals surface area contributed by atoms with Crippen LogP contribution in [0.15, 0.2) is 42.9 Å². The fourth-order valence-electron chi connectivity index (χ4n) is 2.95. The maximum absolute atomic E-state index is 5.77. The van der Waals surface area contributed by atoms with Crippen LogP contribution in [0.25, 0.3) is 11.0 Å². The molecule has 1 aliphatic heterocycles. The van der Waals surface area contributed by atoms with E-state index in [1.807, 2.05) is 37.3 Å². The third kappa shape index (κ3) is 2.71. The van der Waals surface area contributed by atoms with Crippen molar-refractivity contribution in [3.05, 3.63) is 48.4 Å². The van der Waals surface area contributed by atoms with E-state index >= 15 is 0 Å². The predicted octanol–water partition coefficient (Wildman–Crippen LogP) is 3.36. The first-order chi connectivity index (χ1) is 11.8. The van der Waals surface area contributed by atoms with Crippen LogP contribution in [-0.4, -0.2) is 28.2 Å². The summed E-state index contributed by atoms with van der Waals surface area (Å²) in [6.45, 7) is 3.28. The lowest BCUT2D eigenvalue weighted by Crippen LogP contribution is -2.21. The van der Waals surface area contributed by atoms with Crippen LogP contribution in [0, 0.1) is 0 Å². The van der Waals surface area contributed by atoms with Gasteiger partial charge < -0.3 is 14.8 Å². The van der Waals surface area contributed by atoms with Crippen LogP contribution in [0.2, 0.25) is 0 Å². The second-order valence-electron chi connectivity index (χ2n) is 5.56. The number of aromatic nitrogens is 3. The maximum Gasteiger partial charge on any atom is 0.164 e. The molecule has 24 heavy (non-hydrogen) atoms. The van der Waals surface area contributed by atoms with Crippen LogP contribution in [0.1, 0.15) is 24.9 Å². The molecular formula is C18H18N4O2. The smallest absolute Gasteiger partial charge is 0.164 e. The average molecular weight is 322 g/mol. The van der Waals surface area contributed by atoms with E-state index in [4.69, 9.17) is 9.47 Å². The van der Waals surface area contributed by atoms with E-state index in [0.29, 0.717) is 18.9 Å². The quantitative estimate of drug-likeness (QED) is 0.794. The van der Waals surface area contributed by atoms with Gasteiger partial charge in [-0.25, -0.2) is 15.0 Å². The van der Waals surface area contributed by atoms with Crippen LogP contribution in [-0.2, 0) is 0 Å². The molecule has 0 saturated heterocycles. The first kappa shape index (κ1) is 14.7. The molecule has 6 heteroatoms. The highest BCUT2D eigenvalue weighted by Gasteiger charge is 2.23. The minimum absolute atomic E-state index is 0.104. The van der Waals surface area contributed by atoms with E-state index in [2.05, 4.69) is 20.3 Å². The van der Waals surface area contributed by atoms with Crippen molar-refractivity contribution in [2.24, 2.45) is 0 Å². The van der Waals surface area contributed by atoms with Crippen molar-refractivity contribution in [2.45, 2.75) is 19.4 Å².